The number of rotatable bonds is 6. The Morgan fingerprint density at radius 1 is 1.10 bits per heavy atom. The molecule has 1 saturated heterocycles. The molecule has 2 aliphatic rings. The molecule has 2 rings (SSSR count). The molecule has 0 aromatic rings. The molecule has 112 valence electrons. The van der Waals surface area contributed by atoms with Crippen LogP contribution in [0.2, 0.25) is 0 Å². The van der Waals surface area contributed by atoms with Gasteiger partial charge in [0.05, 0.1) is 0 Å². The Morgan fingerprint density at radius 2 is 1.75 bits per heavy atom. The number of piperidine rings is 1. The van der Waals surface area contributed by atoms with Crippen molar-refractivity contribution in [1.29, 1.82) is 0 Å². The second-order valence-corrected chi connectivity index (χ2v) is 6.11. The van der Waals surface area contributed by atoms with E-state index in [9.17, 15) is 0 Å². The molecule has 0 aromatic carbocycles. The van der Waals surface area contributed by atoms with Gasteiger partial charge in [0, 0.05) is 19.3 Å². The van der Waals surface area contributed by atoms with Crippen LogP contribution in [0.4, 0.5) is 0 Å². The van der Waals surface area contributed by atoms with Gasteiger partial charge in [-0.1, -0.05) is 19.9 Å². The monoisotopic (exact) mass is 274 g/mol. The van der Waals surface area contributed by atoms with Gasteiger partial charge in [-0.2, -0.15) is 0 Å². The molecular weight excluding hydrogens is 244 g/mol. The summed E-state index contributed by atoms with van der Waals surface area (Å²) in [5, 5.41) is 0. The summed E-state index contributed by atoms with van der Waals surface area (Å²) in [6.07, 6.45) is 14.3. The van der Waals surface area contributed by atoms with E-state index in [2.05, 4.69) is 44.0 Å². The van der Waals surface area contributed by atoms with Gasteiger partial charge in [-0.25, -0.2) is 4.99 Å². The van der Waals surface area contributed by atoms with Crippen LogP contribution in [-0.2, 0) is 0 Å². The minimum absolute atomic E-state index is 1.000. The first-order chi connectivity index (χ1) is 9.78. The van der Waals surface area contributed by atoms with Gasteiger partial charge in [-0.15, -0.1) is 0 Å². The van der Waals surface area contributed by atoms with E-state index in [0.29, 0.717) is 0 Å². The molecule has 1 aliphatic carbocycles. The van der Waals surface area contributed by atoms with E-state index in [4.69, 9.17) is 4.99 Å². The van der Waals surface area contributed by atoms with Crippen molar-refractivity contribution < 1.29 is 0 Å². The molecule has 0 radical (unpaired) electrons. The zero-order valence-electron chi connectivity index (χ0n) is 13.4. The van der Waals surface area contributed by atoms with Crippen molar-refractivity contribution in [2.24, 2.45) is 16.8 Å². The molecule has 2 nitrogen and oxygen atoms in total. The summed E-state index contributed by atoms with van der Waals surface area (Å²) in [6, 6.07) is 0. The lowest BCUT2D eigenvalue weighted by molar-refractivity contribution is 0.209. The van der Waals surface area contributed by atoms with Crippen molar-refractivity contribution in [1.82, 2.24) is 4.90 Å². The molecule has 20 heavy (non-hydrogen) atoms. The van der Waals surface area contributed by atoms with E-state index in [-0.39, 0.29) is 0 Å². The molecule has 0 bridgehead atoms. The predicted octanol–water partition coefficient (Wildman–Crippen LogP) is 4.79. The SMILES string of the molecule is C\C=C(/C=N\C(=C\CC)N1CCC(C2CC2)CC1)CC. The lowest BCUT2D eigenvalue weighted by Gasteiger charge is -2.33. The summed E-state index contributed by atoms with van der Waals surface area (Å²) in [4.78, 5) is 7.25. The molecule has 1 aliphatic heterocycles. The minimum atomic E-state index is 1.000. The Morgan fingerprint density at radius 3 is 2.25 bits per heavy atom. The van der Waals surface area contributed by atoms with E-state index in [1.165, 1.54) is 50.2 Å². The fourth-order valence-electron chi connectivity index (χ4n) is 3.13. The largest absolute Gasteiger partial charge is 0.357 e. The number of likely N-dealkylation sites (tertiary alicyclic amines) is 1. The highest BCUT2D eigenvalue weighted by molar-refractivity contribution is 5.79. The van der Waals surface area contributed by atoms with Crippen molar-refractivity contribution in [2.75, 3.05) is 13.1 Å². The average molecular weight is 274 g/mol. The first kappa shape index (κ1) is 15.3. The van der Waals surface area contributed by atoms with Gasteiger partial charge in [-0.05, 0) is 68.9 Å². The molecule has 1 saturated carbocycles. The third-order valence-electron chi connectivity index (χ3n) is 4.68. The van der Waals surface area contributed by atoms with Gasteiger partial charge in [0.2, 0.25) is 0 Å². The maximum Gasteiger partial charge on any atom is 0.124 e. The first-order valence-electron chi connectivity index (χ1n) is 8.42. The molecule has 0 amide bonds. The quantitative estimate of drug-likeness (QED) is 0.636. The van der Waals surface area contributed by atoms with Gasteiger partial charge in [0.25, 0.3) is 0 Å². The molecule has 0 unspecified atom stereocenters. The molecule has 2 fully saturated rings. The van der Waals surface area contributed by atoms with Crippen LogP contribution < -0.4 is 0 Å². The fourth-order valence-corrected chi connectivity index (χ4v) is 3.13. The third kappa shape index (κ3) is 4.22. The van der Waals surface area contributed by atoms with Crippen LogP contribution in [0.3, 0.4) is 0 Å². The Bertz CT molecular complexity index is 380. The summed E-state index contributed by atoms with van der Waals surface area (Å²) in [7, 11) is 0. The maximum absolute atomic E-state index is 4.76. The van der Waals surface area contributed by atoms with E-state index < -0.39 is 0 Å². The summed E-state index contributed by atoms with van der Waals surface area (Å²) >= 11 is 0. The van der Waals surface area contributed by atoms with Crippen molar-refractivity contribution in [2.45, 2.75) is 59.3 Å². The Kier molecular flexibility index (Phi) is 5.87. The molecule has 2 heteroatoms. The fraction of sp³-hybridized carbons (Fsp3) is 0.722. The highest BCUT2D eigenvalue weighted by atomic mass is 15.2. The van der Waals surface area contributed by atoms with Gasteiger partial charge in [-0.3, -0.25) is 0 Å². The zero-order valence-corrected chi connectivity index (χ0v) is 13.4. The molecule has 1 heterocycles. The van der Waals surface area contributed by atoms with Crippen LogP contribution >= 0.6 is 0 Å². The second kappa shape index (κ2) is 7.66. The zero-order chi connectivity index (χ0) is 14.4. The summed E-state index contributed by atoms with van der Waals surface area (Å²) in [5.41, 5.74) is 1.32. The summed E-state index contributed by atoms with van der Waals surface area (Å²) in [5.74, 6) is 3.25. The van der Waals surface area contributed by atoms with Crippen molar-refractivity contribution in [3.05, 3.63) is 23.5 Å². The summed E-state index contributed by atoms with van der Waals surface area (Å²) in [6.45, 7) is 8.87. The third-order valence-corrected chi connectivity index (χ3v) is 4.68. The molecule has 0 spiro atoms. The van der Waals surface area contributed by atoms with E-state index in [1.54, 1.807) is 0 Å². The Labute approximate surface area is 124 Å². The van der Waals surface area contributed by atoms with Crippen LogP contribution in [0.5, 0.6) is 0 Å². The Hall–Kier alpha value is -1.05. The van der Waals surface area contributed by atoms with Gasteiger partial charge in [0.15, 0.2) is 0 Å². The minimum Gasteiger partial charge on any atom is -0.357 e. The van der Waals surface area contributed by atoms with E-state index >= 15 is 0 Å². The molecule has 0 N–H and O–H groups in total. The maximum atomic E-state index is 4.76. The second-order valence-electron chi connectivity index (χ2n) is 6.11. The summed E-state index contributed by atoms with van der Waals surface area (Å²) < 4.78 is 0. The normalized spacial score (nSPS) is 22.9. The average Bonchev–Trinajstić information content (AvgIpc) is 3.32. The van der Waals surface area contributed by atoms with E-state index in [1.807, 2.05) is 0 Å². The highest BCUT2D eigenvalue weighted by Gasteiger charge is 2.33. The van der Waals surface area contributed by atoms with Crippen molar-refractivity contribution in [3.63, 3.8) is 0 Å². The van der Waals surface area contributed by atoms with Gasteiger partial charge in [0.1, 0.15) is 5.82 Å². The molecule has 0 atom stereocenters. The lowest BCUT2D eigenvalue weighted by Crippen LogP contribution is -2.33. The standard InChI is InChI=1S/C18H30N2/c1-4-7-18(19-14-15(5-2)6-3)20-12-10-17(11-13-20)16-8-9-16/h5,7,14,16-17H,4,6,8-13H2,1-3H3/b15-5-,18-7-,19-14-. The van der Waals surface area contributed by atoms with Crippen LogP contribution in [0.1, 0.15) is 59.3 Å². The van der Waals surface area contributed by atoms with Crippen LogP contribution in [0.15, 0.2) is 28.5 Å². The first-order valence-corrected chi connectivity index (χ1v) is 8.42. The highest BCUT2D eigenvalue weighted by Crippen LogP contribution is 2.42. The predicted molar refractivity (Wildman–Crippen MR) is 87.9 cm³/mol. The van der Waals surface area contributed by atoms with Crippen LogP contribution in [-0.4, -0.2) is 24.2 Å². The van der Waals surface area contributed by atoms with Crippen LogP contribution in [0, 0.1) is 11.8 Å². The number of nitrogens with zero attached hydrogens (tertiary/aromatic N) is 2. The van der Waals surface area contributed by atoms with Gasteiger partial charge < -0.3 is 4.90 Å². The van der Waals surface area contributed by atoms with Gasteiger partial charge >= 0.3 is 0 Å². The molecule has 0 aromatic heterocycles. The number of allylic oxidation sites excluding steroid dienone is 3. The number of hydrogen-bond donors (Lipinski definition) is 0. The van der Waals surface area contributed by atoms with Crippen molar-refractivity contribution in [3.8, 4) is 0 Å². The Balaban J connectivity index is 1.93. The van der Waals surface area contributed by atoms with Crippen LogP contribution in [0.25, 0.3) is 0 Å². The molecular formula is C18H30N2. The smallest absolute Gasteiger partial charge is 0.124 e. The van der Waals surface area contributed by atoms with E-state index in [0.717, 1.165) is 24.7 Å². The lowest BCUT2D eigenvalue weighted by atomic mass is 9.92. The van der Waals surface area contributed by atoms with Crippen molar-refractivity contribution >= 4 is 6.21 Å². The number of hydrogen-bond acceptors (Lipinski definition) is 2. The topological polar surface area (TPSA) is 15.6 Å². The number of aliphatic imine (C=N–C) groups is 1.